The first-order valence-corrected chi connectivity index (χ1v) is 8.36. The molecule has 1 aromatic carbocycles. The summed E-state index contributed by atoms with van der Waals surface area (Å²) in [6.45, 7) is -0.0872. The largest absolute Gasteiger partial charge is 0.395 e. The first-order valence-electron chi connectivity index (χ1n) is 6.92. The molecule has 5 nitrogen and oxygen atoms in total. The van der Waals surface area contributed by atoms with Crippen molar-refractivity contribution in [1.82, 2.24) is 4.31 Å². The van der Waals surface area contributed by atoms with Crippen LogP contribution in [0.2, 0.25) is 0 Å². The molecule has 0 aromatic heterocycles. The highest BCUT2D eigenvalue weighted by atomic mass is 32.2. The van der Waals surface area contributed by atoms with E-state index in [2.05, 4.69) is 11.8 Å². The Bertz CT molecular complexity index is 641. The lowest BCUT2D eigenvalue weighted by Crippen LogP contribution is -2.35. The molecule has 0 amide bonds. The molecule has 1 aliphatic carbocycles. The fourth-order valence-electron chi connectivity index (χ4n) is 2.05. The third-order valence-electron chi connectivity index (χ3n) is 3.18. The second kappa shape index (κ2) is 7.05. The molecule has 114 valence electrons. The van der Waals surface area contributed by atoms with Gasteiger partial charge in [0.2, 0.25) is 10.0 Å². The predicted molar refractivity (Wildman–Crippen MR) is 79.0 cm³/mol. The maximum atomic E-state index is 12.6. The molecule has 1 fully saturated rings. The minimum Gasteiger partial charge on any atom is -0.395 e. The number of rotatable bonds is 6. The van der Waals surface area contributed by atoms with Crippen LogP contribution in [0.25, 0.3) is 0 Å². The molecule has 0 aliphatic heterocycles. The summed E-state index contributed by atoms with van der Waals surface area (Å²) in [7, 11) is -3.60. The van der Waals surface area contributed by atoms with Crippen LogP contribution in [0.15, 0.2) is 29.2 Å². The SMILES string of the molecule is O=S(=O)(c1cccc(C#CCCO)c1)N(CCO)C1CC1. The molecular weight excluding hydrogens is 290 g/mol. The van der Waals surface area contributed by atoms with Crippen molar-refractivity contribution in [2.45, 2.75) is 30.2 Å². The van der Waals surface area contributed by atoms with Gasteiger partial charge in [-0.15, -0.1) is 0 Å². The zero-order chi connectivity index (χ0) is 15.3. The van der Waals surface area contributed by atoms with Crippen LogP contribution in [0.4, 0.5) is 0 Å². The van der Waals surface area contributed by atoms with Gasteiger partial charge in [0.05, 0.1) is 18.1 Å². The highest BCUT2D eigenvalue weighted by molar-refractivity contribution is 7.89. The Balaban J connectivity index is 2.27. The molecule has 21 heavy (non-hydrogen) atoms. The summed E-state index contributed by atoms with van der Waals surface area (Å²) in [6.07, 6.45) is 2.04. The lowest BCUT2D eigenvalue weighted by molar-refractivity contribution is 0.250. The van der Waals surface area contributed by atoms with Crippen molar-refractivity contribution in [3.8, 4) is 11.8 Å². The van der Waals surface area contributed by atoms with Crippen LogP contribution in [0.3, 0.4) is 0 Å². The van der Waals surface area contributed by atoms with E-state index < -0.39 is 10.0 Å². The van der Waals surface area contributed by atoms with Crippen LogP contribution >= 0.6 is 0 Å². The van der Waals surface area contributed by atoms with Gasteiger partial charge in [-0.3, -0.25) is 0 Å². The van der Waals surface area contributed by atoms with E-state index in [0.717, 1.165) is 12.8 Å². The molecule has 2 N–H and O–H groups in total. The maximum Gasteiger partial charge on any atom is 0.243 e. The number of sulfonamides is 1. The Morgan fingerprint density at radius 1 is 1.24 bits per heavy atom. The molecule has 2 rings (SSSR count). The van der Waals surface area contributed by atoms with Crippen LogP contribution in [-0.2, 0) is 10.0 Å². The summed E-state index contributed by atoms with van der Waals surface area (Å²) < 4.78 is 26.6. The number of nitrogens with zero attached hydrogens (tertiary/aromatic N) is 1. The number of aliphatic hydroxyl groups is 2. The van der Waals surface area contributed by atoms with Crippen LogP contribution in [0.5, 0.6) is 0 Å². The van der Waals surface area contributed by atoms with Gasteiger partial charge in [-0.05, 0) is 31.0 Å². The summed E-state index contributed by atoms with van der Waals surface area (Å²) in [4.78, 5) is 0.193. The highest BCUT2D eigenvalue weighted by Crippen LogP contribution is 2.31. The van der Waals surface area contributed by atoms with Gasteiger partial charge in [-0.25, -0.2) is 8.42 Å². The third kappa shape index (κ3) is 4.05. The average molecular weight is 309 g/mol. The molecule has 1 aliphatic rings. The quantitative estimate of drug-likeness (QED) is 0.753. The van der Waals surface area contributed by atoms with Crippen molar-refractivity contribution < 1.29 is 18.6 Å². The Labute approximate surface area is 125 Å². The Morgan fingerprint density at radius 2 is 2.00 bits per heavy atom. The normalized spacial score (nSPS) is 14.8. The Hall–Kier alpha value is -1.39. The zero-order valence-corrected chi connectivity index (χ0v) is 12.5. The summed E-state index contributed by atoms with van der Waals surface area (Å²) >= 11 is 0. The molecule has 0 saturated heterocycles. The summed E-state index contributed by atoms with van der Waals surface area (Å²) in [5.41, 5.74) is 0.601. The maximum absolute atomic E-state index is 12.6. The van der Waals surface area contributed by atoms with E-state index in [1.54, 1.807) is 18.2 Å². The van der Waals surface area contributed by atoms with Gasteiger partial charge < -0.3 is 10.2 Å². The van der Waals surface area contributed by atoms with E-state index in [4.69, 9.17) is 10.2 Å². The topological polar surface area (TPSA) is 77.8 Å². The molecule has 1 saturated carbocycles. The molecule has 1 aromatic rings. The van der Waals surface area contributed by atoms with Gasteiger partial charge in [0.1, 0.15) is 0 Å². The fourth-order valence-corrected chi connectivity index (χ4v) is 3.77. The van der Waals surface area contributed by atoms with Crippen molar-refractivity contribution in [2.24, 2.45) is 0 Å². The van der Waals surface area contributed by atoms with E-state index in [0.29, 0.717) is 12.0 Å². The van der Waals surface area contributed by atoms with E-state index in [1.165, 1.54) is 10.4 Å². The molecular formula is C15H19NO4S. The smallest absolute Gasteiger partial charge is 0.243 e. The summed E-state index contributed by atoms with van der Waals surface area (Å²) in [6, 6.07) is 6.47. The predicted octanol–water partition coefficient (Wildman–Crippen LogP) is 0.566. The number of benzene rings is 1. The monoisotopic (exact) mass is 309 g/mol. The van der Waals surface area contributed by atoms with Crippen molar-refractivity contribution in [1.29, 1.82) is 0 Å². The summed E-state index contributed by atoms with van der Waals surface area (Å²) in [5.74, 6) is 5.60. The van der Waals surface area contributed by atoms with E-state index in [9.17, 15) is 8.42 Å². The Morgan fingerprint density at radius 3 is 2.62 bits per heavy atom. The molecule has 6 heteroatoms. The van der Waals surface area contributed by atoms with Gasteiger partial charge in [0.25, 0.3) is 0 Å². The minimum absolute atomic E-state index is 0.00581. The van der Waals surface area contributed by atoms with E-state index in [-0.39, 0.29) is 30.7 Å². The number of hydrogen-bond donors (Lipinski definition) is 2. The van der Waals surface area contributed by atoms with E-state index in [1.807, 2.05) is 0 Å². The second-order valence-corrected chi connectivity index (χ2v) is 6.76. The van der Waals surface area contributed by atoms with Crippen LogP contribution < -0.4 is 0 Å². The van der Waals surface area contributed by atoms with Crippen molar-refractivity contribution in [2.75, 3.05) is 19.8 Å². The lowest BCUT2D eigenvalue weighted by Gasteiger charge is -2.20. The first kappa shape index (κ1) is 16.0. The molecule has 0 unspecified atom stereocenters. The van der Waals surface area contributed by atoms with Crippen LogP contribution in [0, 0.1) is 11.8 Å². The van der Waals surface area contributed by atoms with Crippen LogP contribution in [-0.4, -0.2) is 48.7 Å². The fraction of sp³-hybridized carbons (Fsp3) is 0.467. The minimum atomic E-state index is -3.60. The molecule has 0 atom stereocenters. The van der Waals surface area contributed by atoms with Gasteiger partial charge in [-0.1, -0.05) is 17.9 Å². The second-order valence-electron chi connectivity index (χ2n) is 4.87. The van der Waals surface area contributed by atoms with Gasteiger partial charge in [-0.2, -0.15) is 4.31 Å². The summed E-state index contributed by atoms with van der Waals surface area (Å²) in [5, 5.41) is 17.8. The molecule has 0 radical (unpaired) electrons. The van der Waals surface area contributed by atoms with Crippen molar-refractivity contribution >= 4 is 10.0 Å². The molecule has 0 bridgehead atoms. The lowest BCUT2D eigenvalue weighted by atomic mass is 10.2. The van der Waals surface area contributed by atoms with Gasteiger partial charge in [0.15, 0.2) is 0 Å². The zero-order valence-electron chi connectivity index (χ0n) is 11.7. The average Bonchev–Trinajstić information content (AvgIpc) is 3.30. The van der Waals surface area contributed by atoms with Gasteiger partial charge >= 0.3 is 0 Å². The first-order chi connectivity index (χ1) is 10.1. The van der Waals surface area contributed by atoms with Crippen LogP contribution in [0.1, 0.15) is 24.8 Å². The highest BCUT2D eigenvalue weighted by Gasteiger charge is 2.37. The third-order valence-corrected chi connectivity index (χ3v) is 5.13. The molecule has 0 spiro atoms. The Kier molecular flexibility index (Phi) is 5.37. The van der Waals surface area contributed by atoms with Gasteiger partial charge in [0, 0.05) is 24.6 Å². The van der Waals surface area contributed by atoms with Crippen molar-refractivity contribution in [3.63, 3.8) is 0 Å². The van der Waals surface area contributed by atoms with E-state index >= 15 is 0 Å². The standard InChI is InChI=1S/C15H19NO4S/c17-10-2-1-4-13-5-3-6-15(12-13)21(19,20)16(9-11-18)14-7-8-14/h3,5-6,12,14,17-18H,2,7-11H2. The molecule has 0 heterocycles. The number of aliphatic hydroxyl groups excluding tert-OH is 2. The van der Waals surface area contributed by atoms with Crippen molar-refractivity contribution in [3.05, 3.63) is 29.8 Å². The number of hydrogen-bond acceptors (Lipinski definition) is 4.